The third-order valence-corrected chi connectivity index (χ3v) is 2.76. The van der Waals surface area contributed by atoms with Crippen molar-refractivity contribution >= 4 is 23.2 Å². The number of halogens is 1. The second-order valence-corrected chi connectivity index (χ2v) is 4.44. The number of hydrogen-bond acceptors (Lipinski definition) is 3. The zero-order valence-corrected chi connectivity index (χ0v) is 11.1. The van der Waals surface area contributed by atoms with Crippen LogP contribution in [0.5, 0.6) is 0 Å². The fraction of sp³-hybridized carbons (Fsp3) is 0.417. The maximum atomic E-state index is 11.6. The summed E-state index contributed by atoms with van der Waals surface area (Å²) >= 11 is 5.54. The quantitative estimate of drug-likeness (QED) is 0.469. The summed E-state index contributed by atoms with van der Waals surface area (Å²) in [6, 6.07) is 6.25. The summed E-state index contributed by atoms with van der Waals surface area (Å²) in [5.74, 6) is -0.272. The van der Waals surface area contributed by atoms with Gasteiger partial charge in [-0.3, -0.25) is 14.9 Å². The number of nitro benzene ring substituents is 1. The van der Waals surface area contributed by atoms with Gasteiger partial charge in [0.25, 0.3) is 5.69 Å². The summed E-state index contributed by atoms with van der Waals surface area (Å²) in [7, 11) is 0. The van der Waals surface area contributed by atoms with E-state index < -0.39 is 4.92 Å². The molecule has 1 aromatic rings. The third-order valence-electron chi connectivity index (χ3n) is 2.53. The highest BCUT2D eigenvalue weighted by Crippen LogP contribution is 2.16. The Morgan fingerprint density at radius 2 is 2.17 bits per heavy atom. The molecule has 1 amide bonds. The van der Waals surface area contributed by atoms with E-state index in [1.807, 2.05) is 13.8 Å². The smallest absolute Gasteiger partial charge is 0.269 e. The van der Waals surface area contributed by atoms with E-state index in [1.165, 1.54) is 12.1 Å². The Bertz CT molecular complexity index is 449. The fourth-order valence-corrected chi connectivity index (χ4v) is 1.75. The van der Waals surface area contributed by atoms with Crippen LogP contribution in [0.1, 0.15) is 19.4 Å². The highest BCUT2D eigenvalue weighted by Gasteiger charge is 2.17. The average Bonchev–Trinajstić information content (AvgIpc) is 2.35. The molecule has 5 nitrogen and oxygen atoms in total. The molecule has 0 N–H and O–H groups in total. The largest absolute Gasteiger partial charge is 0.335 e. The van der Waals surface area contributed by atoms with Crippen LogP contribution in [0.2, 0.25) is 0 Å². The minimum Gasteiger partial charge on any atom is -0.335 e. The molecular weight excluding hydrogens is 256 g/mol. The molecule has 98 valence electrons. The first-order valence-electron chi connectivity index (χ1n) is 5.54. The minimum absolute atomic E-state index is 0.00416. The monoisotopic (exact) mass is 270 g/mol. The van der Waals surface area contributed by atoms with E-state index in [9.17, 15) is 14.9 Å². The van der Waals surface area contributed by atoms with Crippen molar-refractivity contribution in [2.45, 2.75) is 26.4 Å². The van der Waals surface area contributed by atoms with E-state index in [2.05, 4.69) is 0 Å². The van der Waals surface area contributed by atoms with Crippen molar-refractivity contribution in [3.63, 3.8) is 0 Å². The van der Waals surface area contributed by atoms with Gasteiger partial charge in [-0.05, 0) is 19.4 Å². The van der Waals surface area contributed by atoms with Gasteiger partial charge in [0, 0.05) is 24.7 Å². The number of carbonyl (C=O) groups is 1. The molecule has 0 saturated carbocycles. The van der Waals surface area contributed by atoms with E-state index in [-0.39, 0.29) is 23.5 Å². The van der Waals surface area contributed by atoms with E-state index in [0.29, 0.717) is 6.54 Å². The molecule has 18 heavy (non-hydrogen) atoms. The number of non-ortho nitro benzene ring substituents is 1. The summed E-state index contributed by atoms with van der Waals surface area (Å²) in [4.78, 5) is 23.4. The fourth-order valence-electron chi connectivity index (χ4n) is 1.60. The van der Waals surface area contributed by atoms with Gasteiger partial charge in [-0.1, -0.05) is 12.1 Å². The molecule has 0 aliphatic heterocycles. The summed E-state index contributed by atoms with van der Waals surface area (Å²) < 4.78 is 0. The van der Waals surface area contributed by atoms with Crippen LogP contribution < -0.4 is 0 Å². The number of nitro groups is 1. The summed E-state index contributed by atoms with van der Waals surface area (Å²) in [6.07, 6.45) is 0. The molecule has 0 heterocycles. The molecule has 0 saturated heterocycles. The molecule has 6 heteroatoms. The molecule has 0 fully saturated rings. The van der Waals surface area contributed by atoms with Crippen LogP contribution in [-0.2, 0) is 11.3 Å². The summed E-state index contributed by atoms with van der Waals surface area (Å²) in [6.45, 7) is 4.08. The van der Waals surface area contributed by atoms with Crippen molar-refractivity contribution in [1.82, 2.24) is 4.90 Å². The standard InChI is InChI=1S/C12H15ClN2O3/c1-9(2)14(12(16)7-13)8-10-4-3-5-11(6-10)15(17)18/h3-6,9H,7-8H2,1-2H3. The lowest BCUT2D eigenvalue weighted by atomic mass is 10.1. The lowest BCUT2D eigenvalue weighted by Crippen LogP contribution is -2.37. The molecule has 0 unspecified atom stereocenters. The Balaban J connectivity index is 2.90. The molecule has 0 aliphatic rings. The second kappa shape index (κ2) is 6.35. The van der Waals surface area contributed by atoms with Gasteiger partial charge < -0.3 is 4.90 Å². The lowest BCUT2D eigenvalue weighted by Gasteiger charge is -2.26. The average molecular weight is 271 g/mol. The minimum atomic E-state index is -0.452. The number of nitrogens with zero attached hydrogens (tertiary/aromatic N) is 2. The lowest BCUT2D eigenvalue weighted by molar-refractivity contribution is -0.384. The van der Waals surface area contributed by atoms with Gasteiger partial charge in [0.15, 0.2) is 0 Å². The number of carbonyl (C=O) groups excluding carboxylic acids is 1. The van der Waals surface area contributed by atoms with Gasteiger partial charge in [0.1, 0.15) is 5.88 Å². The van der Waals surface area contributed by atoms with Crippen LogP contribution in [-0.4, -0.2) is 27.7 Å². The van der Waals surface area contributed by atoms with Crippen LogP contribution >= 0.6 is 11.6 Å². The van der Waals surface area contributed by atoms with E-state index >= 15 is 0 Å². The number of rotatable bonds is 5. The van der Waals surface area contributed by atoms with Gasteiger partial charge in [-0.2, -0.15) is 0 Å². The normalized spacial score (nSPS) is 10.4. The maximum Gasteiger partial charge on any atom is 0.269 e. The van der Waals surface area contributed by atoms with E-state index in [1.54, 1.807) is 17.0 Å². The van der Waals surface area contributed by atoms with Crippen LogP contribution in [0.3, 0.4) is 0 Å². The van der Waals surface area contributed by atoms with Crippen molar-refractivity contribution in [1.29, 1.82) is 0 Å². The molecule has 1 aromatic carbocycles. The molecule has 0 bridgehead atoms. The topological polar surface area (TPSA) is 63.4 Å². The van der Waals surface area contributed by atoms with Gasteiger partial charge >= 0.3 is 0 Å². The molecule has 0 atom stereocenters. The van der Waals surface area contributed by atoms with Crippen LogP contribution in [0.15, 0.2) is 24.3 Å². The van der Waals surface area contributed by atoms with E-state index in [0.717, 1.165) is 5.56 Å². The molecule has 1 rings (SSSR count). The molecule has 0 spiro atoms. The number of amides is 1. The first-order chi connectivity index (χ1) is 8.45. The van der Waals surface area contributed by atoms with Crippen molar-refractivity contribution in [3.05, 3.63) is 39.9 Å². The number of benzene rings is 1. The first kappa shape index (κ1) is 14.4. The Morgan fingerprint density at radius 3 is 2.67 bits per heavy atom. The second-order valence-electron chi connectivity index (χ2n) is 4.18. The Labute approximate surface area is 110 Å². The predicted octanol–water partition coefficient (Wildman–Crippen LogP) is 2.57. The Morgan fingerprint density at radius 1 is 1.50 bits per heavy atom. The van der Waals surface area contributed by atoms with Crippen molar-refractivity contribution in [3.8, 4) is 0 Å². The number of alkyl halides is 1. The van der Waals surface area contributed by atoms with Crippen LogP contribution in [0.25, 0.3) is 0 Å². The zero-order chi connectivity index (χ0) is 13.7. The third kappa shape index (κ3) is 3.70. The molecular formula is C12H15ClN2O3. The zero-order valence-electron chi connectivity index (χ0n) is 10.3. The Kier molecular flexibility index (Phi) is 5.09. The highest BCUT2D eigenvalue weighted by molar-refractivity contribution is 6.27. The summed E-state index contributed by atoms with van der Waals surface area (Å²) in [5, 5.41) is 10.7. The molecule has 0 radical (unpaired) electrons. The van der Waals surface area contributed by atoms with Gasteiger partial charge in [-0.15, -0.1) is 11.6 Å². The Hall–Kier alpha value is -1.62. The van der Waals surface area contributed by atoms with Crippen LogP contribution in [0.4, 0.5) is 5.69 Å². The molecule has 0 aromatic heterocycles. The predicted molar refractivity (Wildman–Crippen MR) is 69.5 cm³/mol. The van der Waals surface area contributed by atoms with Gasteiger partial charge in [0.2, 0.25) is 5.91 Å². The van der Waals surface area contributed by atoms with Gasteiger partial charge in [0.05, 0.1) is 4.92 Å². The first-order valence-corrected chi connectivity index (χ1v) is 6.08. The summed E-state index contributed by atoms with van der Waals surface area (Å²) in [5.41, 5.74) is 0.742. The highest BCUT2D eigenvalue weighted by atomic mass is 35.5. The SMILES string of the molecule is CC(C)N(Cc1cccc([N+](=O)[O-])c1)C(=O)CCl. The van der Waals surface area contributed by atoms with Crippen molar-refractivity contribution in [2.24, 2.45) is 0 Å². The van der Waals surface area contributed by atoms with Crippen molar-refractivity contribution in [2.75, 3.05) is 5.88 Å². The maximum absolute atomic E-state index is 11.6. The van der Waals surface area contributed by atoms with Gasteiger partial charge in [-0.25, -0.2) is 0 Å². The number of hydrogen-bond donors (Lipinski definition) is 0. The van der Waals surface area contributed by atoms with E-state index in [4.69, 9.17) is 11.6 Å². The van der Waals surface area contributed by atoms with Crippen molar-refractivity contribution < 1.29 is 9.72 Å². The van der Waals surface area contributed by atoms with Crippen LogP contribution in [0, 0.1) is 10.1 Å². The molecule has 0 aliphatic carbocycles.